The number of halogens is 1. The fraction of sp³-hybridized carbons (Fsp3) is 0.222. The maximum Gasteiger partial charge on any atom is 0.262 e. The van der Waals surface area contributed by atoms with E-state index in [-0.39, 0.29) is 37.2 Å². The summed E-state index contributed by atoms with van der Waals surface area (Å²) in [7, 11) is 0. The Bertz CT molecular complexity index is 777. The quantitative estimate of drug-likeness (QED) is 0.886. The van der Waals surface area contributed by atoms with E-state index in [9.17, 15) is 14.0 Å². The molecule has 0 atom stereocenters. The van der Waals surface area contributed by atoms with Gasteiger partial charge in [0.25, 0.3) is 5.91 Å². The Labute approximate surface area is 138 Å². The van der Waals surface area contributed by atoms with E-state index in [1.807, 2.05) is 6.07 Å². The van der Waals surface area contributed by atoms with E-state index in [0.717, 1.165) is 5.56 Å². The molecule has 0 unspecified atom stereocenters. The minimum Gasteiger partial charge on any atom is -0.482 e. The smallest absolute Gasteiger partial charge is 0.262 e. The van der Waals surface area contributed by atoms with Gasteiger partial charge in [0, 0.05) is 18.5 Å². The highest BCUT2D eigenvalue weighted by atomic mass is 19.1. The van der Waals surface area contributed by atoms with E-state index in [1.165, 1.54) is 6.07 Å². The van der Waals surface area contributed by atoms with E-state index in [2.05, 4.69) is 10.6 Å². The van der Waals surface area contributed by atoms with Crippen LogP contribution in [0.2, 0.25) is 0 Å². The Balaban J connectivity index is 1.52. The minimum atomic E-state index is -0.330. The normalized spacial score (nSPS) is 12.8. The van der Waals surface area contributed by atoms with Gasteiger partial charge in [-0.15, -0.1) is 0 Å². The van der Waals surface area contributed by atoms with Crippen LogP contribution in [0.4, 0.5) is 10.1 Å². The van der Waals surface area contributed by atoms with Crippen LogP contribution in [0.5, 0.6) is 5.75 Å². The third kappa shape index (κ3) is 3.90. The summed E-state index contributed by atoms with van der Waals surface area (Å²) in [6, 6.07) is 11.8. The summed E-state index contributed by atoms with van der Waals surface area (Å²) in [5.41, 5.74) is 2.00. The number of rotatable bonds is 5. The number of benzene rings is 2. The van der Waals surface area contributed by atoms with E-state index >= 15 is 0 Å². The fourth-order valence-corrected chi connectivity index (χ4v) is 2.47. The van der Waals surface area contributed by atoms with Crippen molar-refractivity contribution in [1.29, 1.82) is 0 Å². The highest BCUT2D eigenvalue weighted by Gasteiger charge is 2.16. The van der Waals surface area contributed by atoms with E-state index in [4.69, 9.17) is 4.74 Å². The van der Waals surface area contributed by atoms with Gasteiger partial charge in [-0.2, -0.15) is 0 Å². The summed E-state index contributed by atoms with van der Waals surface area (Å²) in [5, 5.41) is 5.44. The highest BCUT2D eigenvalue weighted by molar-refractivity contribution is 5.95. The zero-order chi connectivity index (χ0) is 16.9. The monoisotopic (exact) mass is 328 g/mol. The number of aryl methyl sites for hydroxylation is 1. The molecule has 124 valence electrons. The predicted molar refractivity (Wildman–Crippen MR) is 87.1 cm³/mol. The molecule has 0 spiro atoms. The fourth-order valence-electron chi connectivity index (χ4n) is 2.47. The molecule has 0 aromatic heterocycles. The Hall–Kier alpha value is -2.89. The second-order valence-electron chi connectivity index (χ2n) is 5.54. The minimum absolute atomic E-state index is 0.0186. The molecule has 2 aromatic carbocycles. The molecule has 1 heterocycles. The molecule has 2 N–H and O–H groups in total. The van der Waals surface area contributed by atoms with Gasteiger partial charge in [-0.1, -0.05) is 24.3 Å². The van der Waals surface area contributed by atoms with Gasteiger partial charge in [0.2, 0.25) is 5.91 Å². The van der Waals surface area contributed by atoms with Crippen LogP contribution in [0, 0.1) is 5.82 Å². The van der Waals surface area contributed by atoms with Crippen molar-refractivity contribution in [3.63, 3.8) is 0 Å². The lowest BCUT2D eigenvalue weighted by Gasteiger charge is -2.18. The van der Waals surface area contributed by atoms with Gasteiger partial charge in [0.15, 0.2) is 6.61 Å². The Kier molecular flexibility index (Phi) is 4.74. The molecule has 5 nitrogen and oxygen atoms in total. The van der Waals surface area contributed by atoms with Gasteiger partial charge in [-0.05, 0) is 30.2 Å². The van der Waals surface area contributed by atoms with Crippen LogP contribution >= 0.6 is 0 Å². The lowest BCUT2D eigenvalue weighted by Crippen LogP contribution is -2.25. The van der Waals surface area contributed by atoms with Crippen LogP contribution in [0.25, 0.3) is 0 Å². The van der Waals surface area contributed by atoms with Gasteiger partial charge in [0.05, 0.1) is 5.69 Å². The molecule has 2 amide bonds. The lowest BCUT2D eigenvalue weighted by molar-refractivity contribution is -0.121. The van der Waals surface area contributed by atoms with Crippen LogP contribution in [0.1, 0.15) is 17.5 Å². The van der Waals surface area contributed by atoms with Gasteiger partial charge in [-0.25, -0.2) is 4.39 Å². The van der Waals surface area contributed by atoms with E-state index in [1.54, 1.807) is 30.3 Å². The second-order valence-corrected chi connectivity index (χ2v) is 5.54. The molecular formula is C18H17FN2O3. The molecule has 0 radical (unpaired) electrons. The van der Waals surface area contributed by atoms with Crippen molar-refractivity contribution in [3.05, 3.63) is 59.4 Å². The molecule has 0 fully saturated rings. The number of carbonyl (C=O) groups is 2. The summed E-state index contributed by atoms with van der Waals surface area (Å²) >= 11 is 0. The zero-order valence-corrected chi connectivity index (χ0v) is 13.0. The molecule has 0 saturated heterocycles. The van der Waals surface area contributed by atoms with Crippen LogP contribution in [-0.2, 0) is 22.6 Å². The maximum absolute atomic E-state index is 13.5. The average molecular weight is 328 g/mol. The maximum atomic E-state index is 13.5. The number of hydrogen-bond acceptors (Lipinski definition) is 3. The molecule has 1 aliphatic heterocycles. The Morgan fingerprint density at radius 3 is 2.92 bits per heavy atom. The molecule has 3 rings (SSSR count). The van der Waals surface area contributed by atoms with Gasteiger partial charge < -0.3 is 15.4 Å². The molecule has 1 aliphatic rings. The lowest BCUT2D eigenvalue weighted by atomic mass is 10.1. The van der Waals surface area contributed by atoms with Crippen molar-refractivity contribution < 1.29 is 18.7 Å². The first kappa shape index (κ1) is 16.0. The first-order valence-electron chi connectivity index (χ1n) is 7.67. The standard InChI is InChI=1S/C18H17FN2O3/c19-14-4-2-1-3-13(14)10-20-17(22)8-6-12-5-7-16-15(9-12)21-18(23)11-24-16/h1-5,7,9H,6,8,10-11H2,(H,20,22)(H,21,23). The summed E-state index contributed by atoms with van der Waals surface area (Å²) in [4.78, 5) is 23.2. The van der Waals surface area contributed by atoms with Crippen LogP contribution in [0.15, 0.2) is 42.5 Å². The summed E-state index contributed by atoms with van der Waals surface area (Å²) < 4.78 is 18.8. The first-order chi connectivity index (χ1) is 11.6. The predicted octanol–water partition coefficient (Wildman–Crippen LogP) is 2.41. The molecule has 0 aliphatic carbocycles. The van der Waals surface area contributed by atoms with Crippen molar-refractivity contribution in [2.45, 2.75) is 19.4 Å². The molecular weight excluding hydrogens is 311 g/mol. The second kappa shape index (κ2) is 7.12. The van der Waals surface area contributed by atoms with Crippen LogP contribution in [-0.4, -0.2) is 18.4 Å². The topological polar surface area (TPSA) is 67.4 Å². The SMILES string of the molecule is O=C(CCc1ccc2c(c1)NC(=O)CO2)NCc1ccccc1F. The summed E-state index contributed by atoms with van der Waals surface area (Å²) in [6.45, 7) is 0.185. The third-order valence-electron chi connectivity index (χ3n) is 3.75. The van der Waals surface area contributed by atoms with E-state index < -0.39 is 0 Å². The molecule has 24 heavy (non-hydrogen) atoms. The van der Waals surface area contributed by atoms with Gasteiger partial charge in [-0.3, -0.25) is 9.59 Å². The molecule has 6 heteroatoms. The largest absolute Gasteiger partial charge is 0.482 e. The van der Waals surface area contributed by atoms with Gasteiger partial charge in [0.1, 0.15) is 11.6 Å². The summed E-state index contributed by atoms with van der Waals surface area (Å²) in [6.07, 6.45) is 0.800. The number of carbonyl (C=O) groups excluding carboxylic acids is 2. The molecule has 0 bridgehead atoms. The zero-order valence-electron chi connectivity index (χ0n) is 13.0. The van der Waals surface area contributed by atoms with Crippen molar-refractivity contribution in [1.82, 2.24) is 5.32 Å². The molecule has 2 aromatic rings. The number of ether oxygens (including phenoxy) is 1. The van der Waals surface area contributed by atoms with Crippen LogP contribution < -0.4 is 15.4 Å². The van der Waals surface area contributed by atoms with Crippen LogP contribution in [0.3, 0.4) is 0 Å². The number of anilines is 1. The van der Waals surface area contributed by atoms with Crippen molar-refractivity contribution in [3.8, 4) is 5.75 Å². The number of fused-ring (bicyclic) bond motifs is 1. The van der Waals surface area contributed by atoms with Crippen molar-refractivity contribution in [2.24, 2.45) is 0 Å². The number of nitrogens with one attached hydrogen (secondary N) is 2. The van der Waals surface area contributed by atoms with E-state index in [0.29, 0.717) is 23.4 Å². The highest BCUT2D eigenvalue weighted by Crippen LogP contribution is 2.28. The summed E-state index contributed by atoms with van der Waals surface area (Å²) in [5.74, 6) is -0.0517. The molecule has 0 saturated carbocycles. The first-order valence-corrected chi connectivity index (χ1v) is 7.67. The van der Waals surface area contributed by atoms with Crippen molar-refractivity contribution >= 4 is 17.5 Å². The third-order valence-corrected chi connectivity index (χ3v) is 3.75. The van der Waals surface area contributed by atoms with Gasteiger partial charge >= 0.3 is 0 Å². The number of amides is 2. The Morgan fingerprint density at radius 1 is 1.25 bits per heavy atom. The average Bonchev–Trinajstić information content (AvgIpc) is 2.59. The van der Waals surface area contributed by atoms with Crippen molar-refractivity contribution in [2.75, 3.05) is 11.9 Å². The Morgan fingerprint density at radius 2 is 2.08 bits per heavy atom. The number of hydrogen-bond donors (Lipinski definition) is 2.